The molecule has 1 aromatic carbocycles. The van der Waals surface area contributed by atoms with Gasteiger partial charge in [-0.05, 0) is 36.1 Å². The minimum absolute atomic E-state index is 0.124. The molecule has 0 spiro atoms. The monoisotopic (exact) mass is 248 g/mol. The first-order valence-electron chi connectivity index (χ1n) is 5.97. The molecule has 1 unspecified atom stereocenters. The van der Waals surface area contributed by atoms with E-state index in [9.17, 15) is 0 Å². The minimum Gasteiger partial charge on any atom is -0.358 e. The highest BCUT2D eigenvalue weighted by Crippen LogP contribution is 2.63. The van der Waals surface area contributed by atoms with Gasteiger partial charge in [-0.2, -0.15) is 0 Å². The third-order valence-electron chi connectivity index (χ3n) is 4.36. The molecule has 17 heavy (non-hydrogen) atoms. The summed E-state index contributed by atoms with van der Waals surface area (Å²) in [5.41, 5.74) is 8.79. The van der Waals surface area contributed by atoms with Crippen molar-refractivity contribution in [2.75, 3.05) is 6.54 Å². The SMILES string of the molecule is CC1(C)CC1(CN)c1cc2cc(Cl)ccc2[nH]1. The zero-order chi connectivity index (χ0) is 12.3. The molecule has 3 heteroatoms. The van der Waals surface area contributed by atoms with E-state index in [1.165, 1.54) is 11.1 Å². The van der Waals surface area contributed by atoms with Crippen LogP contribution in [0.4, 0.5) is 0 Å². The lowest BCUT2D eigenvalue weighted by molar-refractivity contribution is 0.495. The van der Waals surface area contributed by atoms with Crippen molar-refractivity contribution in [1.29, 1.82) is 0 Å². The molecule has 3 rings (SSSR count). The zero-order valence-corrected chi connectivity index (χ0v) is 10.9. The first kappa shape index (κ1) is 11.1. The predicted molar refractivity (Wildman–Crippen MR) is 72.4 cm³/mol. The van der Waals surface area contributed by atoms with Crippen LogP contribution in [0.3, 0.4) is 0 Å². The van der Waals surface area contributed by atoms with Gasteiger partial charge in [0.15, 0.2) is 0 Å². The van der Waals surface area contributed by atoms with Crippen LogP contribution in [0, 0.1) is 5.41 Å². The Balaban J connectivity index is 2.13. The molecule has 0 bridgehead atoms. The topological polar surface area (TPSA) is 41.8 Å². The maximum atomic E-state index is 6.01. The Kier molecular flexibility index (Phi) is 2.14. The Morgan fingerprint density at radius 2 is 2.06 bits per heavy atom. The van der Waals surface area contributed by atoms with E-state index in [2.05, 4.69) is 24.9 Å². The standard InChI is InChI=1S/C14H17ClN2/c1-13(2)7-14(13,8-16)12-6-9-5-10(15)3-4-11(9)17-12/h3-6,17H,7-8,16H2,1-2H3. The number of H-pyrrole nitrogens is 1. The van der Waals surface area contributed by atoms with Crippen LogP contribution in [0.15, 0.2) is 24.3 Å². The number of fused-ring (bicyclic) bond motifs is 1. The number of nitrogens with two attached hydrogens (primary N) is 1. The molecule has 0 saturated heterocycles. The van der Waals surface area contributed by atoms with Gasteiger partial charge in [0.2, 0.25) is 0 Å². The summed E-state index contributed by atoms with van der Waals surface area (Å²) < 4.78 is 0. The average Bonchev–Trinajstić information content (AvgIpc) is 2.66. The lowest BCUT2D eigenvalue weighted by atomic mass is 9.92. The molecule has 0 amide bonds. The van der Waals surface area contributed by atoms with Crippen LogP contribution in [-0.4, -0.2) is 11.5 Å². The summed E-state index contributed by atoms with van der Waals surface area (Å²) in [5, 5.41) is 1.95. The number of nitrogens with one attached hydrogen (secondary N) is 1. The van der Waals surface area contributed by atoms with Gasteiger partial charge in [0, 0.05) is 33.6 Å². The molecule has 90 valence electrons. The average molecular weight is 249 g/mol. The smallest absolute Gasteiger partial charge is 0.0457 e. The van der Waals surface area contributed by atoms with Crippen molar-refractivity contribution in [1.82, 2.24) is 4.98 Å². The highest BCUT2D eigenvalue weighted by Gasteiger charge is 2.61. The van der Waals surface area contributed by atoms with Gasteiger partial charge in [-0.1, -0.05) is 25.4 Å². The maximum absolute atomic E-state index is 6.01. The number of rotatable bonds is 2. The fraction of sp³-hybridized carbons (Fsp3) is 0.429. The molecule has 2 nitrogen and oxygen atoms in total. The summed E-state index contributed by atoms with van der Waals surface area (Å²) in [6.45, 7) is 5.25. The number of aromatic amines is 1. The molecular weight excluding hydrogens is 232 g/mol. The third kappa shape index (κ3) is 1.44. The van der Waals surface area contributed by atoms with Crippen LogP contribution in [-0.2, 0) is 5.41 Å². The summed E-state index contributed by atoms with van der Waals surface area (Å²) in [4.78, 5) is 3.49. The molecule has 1 atom stereocenters. The highest BCUT2D eigenvalue weighted by molar-refractivity contribution is 6.31. The number of halogens is 1. The van der Waals surface area contributed by atoms with Crippen molar-refractivity contribution in [2.24, 2.45) is 11.1 Å². The summed E-state index contributed by atoms with van der Waals surface area (Å²) >= 11 is 6.01. The number of hydrogen-bond donors (Lipinski definition) is 2. The van der Waals surface area contributed by atoms with Gasteiger partial charge in [0.05, 0.1) is 0 Å². The van der Waals surface area contributed by atoms with Crippen molar-refractivity contribution < 1.29 is 0 Å². The fourth-order valence-electron chi connectivity index (χ4n) is 2.99. The van der Waals surface area contributed by atoms with E-state index in [-0.39, 0.29) is 5.41 Å². The van der Waals surface area contributed by atoms with Crippen LogP contribution >= 0.6 is 11.6 Å². The Labute approximate surface area is 106 Å². The highest BCUT2D eigenvalue weighted by atomic mass is 35.5. The van der Waals surface area contributed by atoms with Gasteiger partial charge in [-0.25, -0.2) is 0 Å². The van der Waals surface area contributed by atoms with E-state index >= 15 is 0 Å². The molecule has 1 aliphatic carbocycles. The third-order valence-corrected chi connectivity index (χ3v) is 4.60. The van der Waals surface area contributed by atoms with Crippen LogP contribution in [0.2, 0.25) is 5.02 Å². The van der Waals surface area contributed by atoms with E-state index in [0.29, 0.717) is 12.0 Å². The summed E-state index contributed by atoms with van der Waals surface area (Å²) in [6.07, 6.45) is 1.15. The molecule has 1 aliphatic rings. The van der Waals surface area contributed by atoms with E-state index < -0.39 is 0 Å². The molecule has 1 aromatic heterocycles. The molecular formula is C14H17ClN2. The van der Waals surface area contributed by atoms with Crippen LogP contribution < -0.4 is 5.73 Å². The first-order chi connectivity index (χ1) is 7.98. The lowest BCUT2D eigenvalue weighted by Gasteiger charge is -2.16. The van der Waals surface area contributed by atoms with Gasteiger partial charge in [0.1, 0.15) is 0 Å². The molecule has 0 aliphatic heterocycles. The molecule has 1 saturated carbocycles. The Bertz CT molecular complexity index is 585. The summed E-state index contributed by atoms with van der Waals surface area (Å²) in [7, 11) is 0. The van der Waals surface area contributed by atoms with Crippen LogP contribution in [0.25, 0.3) is 10.9 Å². The number of aromatic nitrogens is 1. The van der Waals surface area contributed by atoms with Gasteiger partial charge >= 0.3 is 0 Å². The van der Waals surface area contributed by atoms with Gasteiger partial charge < -0.3 is 10.7 Å². The second-order valence-electron chi connectivity index (χ2n) is 5.76. The van der Waals surface area contributed by atoms with Crippen LogP contribution in [0.1, 0.15) is 26.0 Å². The molecule has 0 radical (unpaired) electrons. The van der Waals surface area contributed by atoms with Gasteiger partial charge in [0.25, 0.3) is 0 Å². The van der Waals surface area contributed by atoms with E-state index in [1.807, 2.05) is 18.2 Å². The largest absolute Gasteiger partial charge is 0.358 e. The Morgan fingerprint density at radius 1 is 1.35 bits per heavy atom. The normalized spacial score (nSPS) is 26.4. The van der Waals surface area contributed by atoms with E-state index in [1.54, 1.807) is 0 Å². The second kappa shape index (κ2) is 3.27. The number of benzene rings is 1. The summed E-state index contributed by atoms with van der Waals surface area (Å²) in [6, 6.07) is 8.14. The quantitative estimate of drug-likeness (QED) is 0.840. The number of hydrogen-bond acceptors (Lipinski definition) is 1. The fourth-order valence-corrected chi connectivity index (χ4v) is 3.17. The Morgan fingerprint density at radius 3 is 2.65 bits per heavy atom. The molecule has 3 N–H and O–H groups in total. The van der Waals surface area contributed by atoms with Crippen molar-refractivity contribution in [3.8, 4) is 0 Å². The molecule has 1 heterocycles. The predicted octanol–water partition coefficient (Wildman–Crippen LogP) is 3.45. The molecule has 2 aromatic rings. The lowest BCUT2D eigenvalue weighted by Crippen LogP contribution is -2.25. The van der Waals surface area contributed by atoms with Crippen molar-refractivity contribution >= 4 is 22.5 Å². The van der Waals surface area contributed by atoms with Crippen molar-refractivity contribution in [3.05, 3.63) is 35.0 Å². The first-order valence-corrected chi connectivity index (χ1v) is 6.35. The van der Waals surface area contributed by atoms with Crippen molar-refractivity contribution in [3.63, 3.8) is 0 Å². The summed E-state index contributed by atoms with van der Waals surface area (Å²) in [5.74, 6) is 0. The minimum atomic E-state index is 0.124. The zero-order valence-electron chi connectivity index (χ0n) is 10.2. The maximum Gasteiger partial charge on any atom is 0.0457 e. The molecule has 1 fully saturated rings. The van der Waals surface area contributed by atoms with E-state index in [4.69, 9.17) is 17.3 Å². The second-order valence-corrected chi connectivity index (χ2v) is 6.20. The van der Waals surface area contributed by atoms with Gasteiger partial charge in [-0.3, -0.25) is 0 Å². The Hall–Kier alpha value is -0.990. The van der Waals surface area contributed by atoms with Crippen molar-refractivity contribution in [2.45, 2.75) is 25.7 Å². The van der Waals surface area contributed by atoms with Gasteiger partial charge in [-0.15, -0.1) is 0 Å². The van der Waals surface area contributed by atoms with E-state index in [0.717, 1.165) is 17.0 Å². The van der Waals surface area contributed by atoms with Crippen LogP contribution in [0.5, 0.6) is 0 Å².